The molecule has 0 aliphatic heterocycles. The molecule has 3 heteroatoms. The molecule has 3 unspecified atom stereocenters. The maximum absolute atomic E-state index is 11.6. The molecule has 0 N–H and O–H groups in total. The summed E-state index contributed by atoms with van der Waals surface area (Å²) in [4.78, 5) is 33.9. The SMILES string of the molecule is CC(=O)C(=O)C1CC2CC2(C)CC1=O. The Bertz CT molecular complexity index is 331. The van der Waals surface area contributed by atoms with Crippen molar-refractivity contribution >= 4 is 17.3 Å². The summed E-state index contributed by atoms with van der Waals surface area (Å²) in [7, 11) is 0. The molecule has 76 valence electrons. The Morgan fingerprint density at radius 2 is 2.07 bits per heavy atom. The second-order valence-corrected chi connectivity index (χ2v) is 4.91. The minimum Gasteiger partial charge on any atom is -0.299 e. The zero-order valence-electron chi connectivity index (χ0n) is 8.50. The van der Waals surface area contributed by atoms with Gasteiger partial charge in [-0.1, -0.05) is 6.92 Å². The van der Waals surface area contributed by atoms with Crippen LogP contribution in [0.15, 0.2) is 0 Å². The van der Waals surface area contributed by atoms with E-state index in [1.54, 1.807) is 0 Å². The lowest BCUT2D eigenvalue weighted by atomic mass is 9.79. The fourth-order valence-corrected chi connectivity index (χ4v) is 2.52. The Labute approximate surface area is 82.9 Å². The van der Waals surface area contributed by atoms with Crippen LogP contribution in [0.2, 0.25) is 0 Å². The van der Waals surface area contributed by atoms with Crippen molar-refractivity contribution in [2.45, 2.75) is 33.1 Å². The average Bonchev–Trinajstić information content (AvgIpc) is 2.72. The van der Waals surface area contributed by atoms with Gasteiger partial charge >= 0.3 is 0 Å². The van der Waals surface area contributed by atoms with Gasteiger partial charge in [-0.15, -0.1) is 0 Å². The molecular weight excluding hydrogens is 180 g/mol. The van der Waals surface area contributed by atoms with Crippen molar-refractivity contribution in [3.8, 4) is 0 Å². The van der Waals surface area contributed by atoms with E-state index < -0.39 is 17.5 Å². The third-order valence-electron chi connectivity index (χ3n) is 3.69. The van der Waals surface area contributed by atoms with Gasteiger partial charge < -0.3 is 0 Å². The molecule has 2 saturated carbocycles. The molecule has 0 saturated heterocycles. The van der Waals surface area contributed by atoms with Crippen LogP contribution in [0.3, 0.4) is 0 Å². The van der Waals surface area contributed by atoms with Crippen LogP contribution in [-0.2, 0) is 14.4 Å². The van der Waals surface area contributed by atoms with E-state index in [-0.39, 0.29) is 11.2 Å². The molecule has 3 nitrogen and oxygen atoms in total. The molecule has 0 bridgehead atoms. The standard InChI is InChI=1S/C11H14O3/c1-6(12)10(14)8-3-7-4-11(7,2)5-9(8)13/h7-8H,3-5H2,1-2H3. The smallest absolute Gasteiger partial charge is 0.208 e. The Kier molecular flexibility index (Phi) is 1.88. The number of Topliss-reactive ketones (excluding diaryl/α,β-unsaturated/α-hetero) is 3. The second-order valence-electron chi connectivity index (χ2n) is 4.91. The van der Waals surface area contributed by atoms with E-state index in [1.807, 2.05) is 0 Å². The summed E-state index contributed by atoms with van der Waals surface area (Å²) >= 11 is 0. The Morgan fingerprint density at radius 3 is 2.64 bits per heavy atom. The summed E-state index contributed by atoms with van der Waals surface area (Å²) in [5, 5.41) is 0. The first-order chi connectivity index (χ1) is 6.44. The van der Waals surface area contributed by atoms with Gasteiger partial charge in [0.05, 0.1) is 5.92 Å². The van der Waals surface area contributed by atoms with E-state index in [9.17, 15) is 14.4 Å². The van der Waals surface area contributed by atoms with Crippen molar-refractivity contribution in [1.82, 2.24) is 0 Å². The summed E-state index contributed by atoms with van der Waals surface area (Å²) in [6.45, 7) is 3.33. The number of ketones is 3. The van der Waals surface area contributed by atoms with Crippen LogP contribution in [0.4, 0.5) is 0 Å². The largest absolute Gasteiger partial charge is 0.299 e. The van der Waals surface area contributed by atoms with Crippen LogP contribution in [0.5, 0.6) is 0 Å². The summed E-state index contributed by atoms with van der Waals surface area (Å²) in [5.74, 6) is -1.11. The molecule has 3 atom stereocenters. The fraction of sp³-hybridized carbons (Fsp3) is 0.727. The maximum atomic E-state index is 11.6. The van der Waals surface area contributed by atoms with Crippen molar-refractivity contribution in [1.29, 1.82) is 0 Å². The van der Waals surface area contributed by atoms with Crippen LogP contribution >= 0.6 is 0 Å². The molecule has 14 heavy (non-hydrogen) atoms. The molecule has 0 heterocycles. The molecule has 0 aromatic rings. The van der Waals surface area contributed by atoms with Crippen LogP contribution in [-0.4, -0.2) is 17.3 Å². The third kappa shape index (κ3) is 1.31. The first-order valence-electron chi connectivity index (χ1n) is 5.01. The maximum Gasteiger partial charge on any atom is 0.208 e. The summed E-state index contributed by atoms with van der Waals surface area (Å²) in [6.07, 6.45) is 2.13. The molecule has 2 fully saturated rings. The fourth-order valence-electron chi connectivity index (χ4n) is 2.52. The predicted octanol–water partition coefficient (Wildman–Crippen LogP) is 1.15. The van der Waals surface area contributed by atoms with E-state index >= 15 is 0 Å². The van der Waals surface area contributed by atoms with Gasteiger partial charge in [0.1, 0.15) is 5.78 Å². The molecule has 0 spiro atoms. The van der Waals surface area contributed by atoms with E-state index in [4.69, 9.17) is 0 Å². The monoisotopic (exact) mass is 194 g/mol. The molecule has 2 rings (SSSR count). The minimum atomic E-state index is -0.618. The first kappa shape index (κ1) is 9.56. The molecule has 0 radical (unpaired) electrons. The van der Waals surface area contributed by atoms with Gasteiger partial charge in [-0.05, 0) is 24.2 Å². The van der Waals surface area contributed by atoms with Crippen molar-refractivity contribution in [3.05, 3.63) is 0 Å². The molecule has 2 aliphatic rings. The van der Waals surface area contributed by atoms with Gasteiger partial charge in [-0.2, -0.15) is 0 Å². The lowest BCUT2D eigenvalue weighted by Gasteiger charge is -2.22. The van der Waals surface area contributed by atoms with Crippen LogP contribution in [0.1, 0.15) is 33.1 Å². The average molecular weight is 194 g/mol. The van der Waals surface area contributed by atoms with Gasteiger partial charge in [0.15, 0.2) is 5.78 Å². The van der Waals surface area contributed by atoms with Crippen molar-refractivity contribution in [2.24, 2.45) is 17.3 Å². The Morgan fingerprint density at radius 1 is 1.43 bits per heavy atom. The Balaban J connectivity index is 2.12. The Hall–Kier alpha value is -0.990. The highest BCUT2D eigenvalue weighted by Gasteiger charge is 2.57. The molecule has 0 aromatic heterocycles. The lowest BCUT2D eigenvalue weighted by Crippen LogP contribution is -2.34. The zero-order chi connectivity index (χ0) is 10.5. The normalized spacial score (nSPS) is 40.3. The highest BCUT2D eigenvalue weighted by atomic mass is 16.2. The number of hydrogen-bond acceptors (Lipinski definition) is 3. The van der Waals surface area contributed by atoms with Crippen molar-refractivity contribution in [2.75, 3.05) is 0 Å². The molecule has 0 amide bonds. The van der Waals surface area contributed by atoms with Crippen LogP contribution in [0, 0.1) is 17.3 Å². The topological polar surface area (TPSA) is 51.2 Å². The van der Waals surface area contributed by atoms with Gasteiger partial charge in [0, 0.05) is 13.3 Å². The van der Waals surface area contributed by atoms with Crippen molar-refractivity contribution < 1.29 is 14.4 Å². The van der Waals surface area contributed by atoms with Crippen molar-refractivity contribution in [3.63, 3.8) is 0 Å². The number of rotatable bonds is 2. The van der Waals surface area contributed by atoms with Gasteiger partial charge in [0.2, 0.25) is 5.78 Å². The van der Waals surface area contributed by atoms with Gasteiger partial charge in [-0.3, -0.25) is 14.4 Å². The van der Waals surface area contributed by atoms with Gasteiger partial charge in [-0.25, -0.2) is 0 Å². The van der Waals surface area contributed by atoms with Gasteiger partial charge in [0.25, 0.3) is 0 Å². The lowest BCUT2D eigenvalue weighted by molar-refractivity contribution is -0.143. The number of carbonyl (C=O) groups is 3. The summed E-state index contributed by atoms with van der Waals surface area (Å²) in [5.41, 5.74) is 0.157. The number of fused-ring (bicyclic) bond motifs is 1. The first-order valence-corrected chi connectivity index (χ1v) is 5.01. The molecular formula is C11H14O3. The van der Waals surface area contributed by atoms with E-state index in [0.29, 0.717) is 18.8 Å². The zero-order valence-corrected chi connectivity index (χ0v) is 8.50. The number of carbonyl (C=O) groups excluding carboxylic acids is 3. The van der Waals surface area contributed by atoms with E-state index in [0.717, 1.165) is 6.42 Å². The summed E-state index contributed by atoms with van der Waals surface area (Å²) < 4.78 is 0. The van der Waals surface area contributed by atoms with Crippen LogP contribution in [0.25, 0.3) is 0 Å². The third-order valence-corrected chi connectivity index (χ3v) is 3.69. The highest BCUT2D eigenvalue weighted by molar-refractivity contribution is 6.40. The summed E-state index contributed by atoms with van der Waals surface area (Å²) in [6, 6.07) is 0. The molecule has 0 aromatic carbocycles. The van der Waals surface area contributed by atoms with E-state index in [1.165, 1.54) is 6.92 Å². The molecule has 2 aliphatic carbocycles. The predicted molar refractivity (Wildman–Crippen MR) is 49.6 cm³/mol. The second kappa shape index (κ2) is 2.75. The van der Waals surface area contributed by atoms with Crippen LogP contribution < -0.4 is 0 Å². The highest BCUT2D eigenvalue weighted by Crippen LogP contribution is 2.61. The quantitative estimate of drug-likeness (QED) is 0.489. The minimum absolute atomic E-state index is 0.0264. The number of hydrogen-bond donors (Lipinski definition) is 0. The van der Waals surface area contributed by atoms with E-state index in [2.05, 4.69) is 6.92 Å².